The summed E-state index contributed by atoms with van der Waals surface area (Å²) >= 11 is 0. The molecule has 25 heavy (non-hydrogen) atoms. The first-order chi connectivity index (χ1) is 12.2. The van der Waals surface area contributed by atoms with E-state index >= 15 is 0 Å². The number of terminal acetylenes is 1. The molecule has 120 valence electrons. The molecule has 0 unspecified atom stereocenters. The number of hydrogen-bond donors (Lipinski definition) is 2. The highest BCUT2D eigenvalue weighted by Crippen LogP contribution is 2.16. The number of rotatable bonds is 3. The maximum atomic E-state index is 12.3. The zero-order valence-corrected chi connectivity index (χ0v) is 13.0. The van der Waals surface area contributed by atoms with Crippen LogP contribution in [0.4, 0.5) is 11.6 Å². The lowest BCUT2D eigenvalue weighted by atomic mass is 10.2. The molecular weight excluding hydrogens is 316 g/mol. The molecule has 0 fully saturated rings. The van der Waals surface area contributed by atoms with Gasteiger partial charge in [-0.15, -0.1) is 6.42 Å². The van der Waals surface area contributed by atoms with Gasteiger partial charge in [0.05, 0.1) is 11.0 Å². The van der Waals surface area contributed by atoms with E-state index in [1.165, 1.54) is 10.9 Å². The molecular formula is C18H12N6O. The van der Waals surface area contributed by atoms with Crippen LogP contribution in [-0.4, -0.2) is 24.5 Å². The molecule has 7 nitrogen and oxygen atoms in total. The summed E-state index contributed by atoms with van der Waals surface area (Å²) in [7, 11) is 0. The number of aromatic amines is 1. The molecule has 0 bridgehead atoms. The Hall–Kier alpha value is -3.92. The lowest BCUT2D eigenvalue weighted by Gasteiger charge is -2.06. The Morgan fingerprint density at radius 3 is 2.88 bits per heavy atom. The zero-order chi connectivity index (χ0) is 17.2. The van der Waals surface area contributed by atoms with Crippen LogP contribution < -0.4 is 11.0 Å². The number of aromatic nitrogens is 5. The average Bonchev–Trinajstić information content (AvgIpc) is 2.98. The van der Waals surface area contributed by atoms with Gasteiger partial charge >= 0.3 is 5.69 Å². The summed E-state index contributed by atoms with van der Waals surface area (Å²) in [4.78, 5) is 27.6. The van der Waals surface area contributed by atoms with Crippen LogP contribution in [0.15, 0.2) is 59.7 Å². The molecule has 4 rings (SSSR count). The molecule has 0 aliphatic carbocycles. The number of H-pyrrole nitrogens is 1. The van der Waals surface area contributed by atoms with Crippen LogP contribution in [0.3, 0.4) is 0 Å². The van der Waals surface area contributed by atoms with Crippen molar-refractivity contribution < 1.29 is 0 Å². The summed E-state index contributed by atoms with van der Waals surface area (Å²) in [6.45, 7) is 0. The fourth-order valence-electron chi connectivity index (χ4n) is 2.52. The smallest absolute Gasteiger partial charge is 0.324 e. The van der Waals surface area contributed by atoms with Crippen molar-refractivity contribution in [1.29, 1.82) is 0 Å². The first kappa shape index (κ1) is 14.7. The summed E-state index contributed by atoms with van der Waals surface area (Å²) in [6, 6.07) is 14.7. The highest BCUT2D eigenvalue weighted by atomic mass is 16.1. The van der Waals surface area contributed by atoms with E-state index in [4.69, 9.17) is 6.42 Å². The molecule has 2 heterocycles. The number of fused-ring (bicyclic) bond motifs is 1. The molecule has 0 radical (unpaired) electrons. The summed E-state index contributed by atoms with van der Waals surface area (Å²) in [6.07, 6.45) is 6.76. The Bertz CT molecular complexity index is 1170. The molecule has 0 aliphatic heterocycles. The van der Waals surface area contributed by atoms with Crippen molar-refractivity contribution >= 4 is 22.7 Å². The molecule has 4 aromatic rings. The monoisotopic (exact) mass is 328 g/mol. The Labute approximate surface area is 142 Å². The van der Waals surface area contributed by atoms with Gasteiger partial charge in [-0.1, -0.05) is 24.1 Å². The fourth-order valence-corrected chi connectivity index (χ4v) is 2.52. The third kappa shape index (κ3) is 2.72. The molecule has 0 saturated heterocycles. The van der Waals surface area contributed by atoms with Gasteiger partial charge in [0.1, 0.15) is 6.33 Å². The van der Waals surface area contributed by atoms with Crippen LogP contribution >= 0.6 is 0 Å². The van der Waals surface area contributed by atoms with Gasteiger partial charge in [-0.2, -0.15) is 4.98 Å². The number of imidazole rings is 1. The average molecular weight is 328 g/mol. The van der Waals surface area contributed by atoms with E-state index in [9.17, 15) is 4.79 Å². The van der Waals surface area contributed by atoms with E-state index in [-0.39, 0.29) is 11.6 Å². The Morgan fingerprint density at radius 2 is 2.00 bits per heavy atom. The van der Waals surface area contributed by atoms with Crippen molar-refractivity contribution in [3.8, 4) is 18.3 Å². The minimum Gasteiger partial charge on any atom is -0.324 e. The van der Waals surface area contributed by atoms with Gasteiger partial charge in [-0.3, -0.25) is 0 Å². The van der Waals surface area contributed by atoms with Crippen LogP contribution in [0.2, 0.25) is 0 Å². The van der Waals surface area contributed by atoms with Crippen molar-refractivity contribution in [2.45, 2.75) is 0 Å². The summed E-state index contributed by atoms with van der Waals surface area (Å²) in [5, 5.41) is 3.07. The summed E-state index contributed by atoms with van der Waals surface area (Å²) in [5.41, 5.74) is 2.59. The molecule has 0 atom stereocenters. The van der Waals surface area contributed by atoms with Crippen molar-refractivity contribution in [2.75, 3.05) is 5.32 Å². The summed E-state index contributed by atoms with van der Waals surface area (Å²) in [5.74, 6) is 3.12. The Morgan fingerprint density at radius 1 is 1.12 bits per heavy atom. The minimum absolute atomic E-state index is 0.230. The molecule has 2 aromatic heterocycles. The topological polar surface area (TPSA) is 88.5 Å². The molecule has 7 heteroatoms. The van der Waals surface area contributed by atoms with Crippen LogP contribution in [-0.2, 0) is 0 Å². The van der Waals surface area contributed by atoms with Crippen molar-refractivity contribution in [3.05, 3.63) is 70.9 Å². The van der Waals surface area contributed by atoms with E-state index in [2.05, 4.69) is 31.2 Å². The van der Waals surface area contributed by atoms with Crippen molar-refractivity contribution in [2.24, 2.45) is 0 Å². The lowest BCUT2D eigenvalue weighted by Crippen LogP contribution is -2.18. The number of para-hydroxylation sites is 2. The predicted molar refractivity (Wildman–Crippen MR) is 94.9 cm³/mol. The van der Waals surface area contributed by atoms with Crippen LogP contribution in [0.25, 0.3) is 17.0 Å². The molecule has 0 spiro atoms. The second kappa shape index (κ2) is 5.94. The molecule has 0 aliphatic rings. The summed E-state index contributed by atoms with van der Waals surface area (Å²) < 4.78 is 1.40. The van der Waals surface area contributed by atoms with Gasteiger partial charge in [0.2, 0.25) is 11.9 Å². The van der Waals surface area contributed by atoms with Gasteiger partial charge < -0.3 is 10.3 Å². The van der Waals surface area contributed by atoms with E-state index in [1.54, 1.807) is 6.07 Å². The highest BCUT2D eigenvalue weighted by molar-refractivity contribution is 5.76. The fraction of sp³-hybridized carbons (Fsp3) is 0. The maximum absolute atomic E-state index is 12.3. The SMILES string of the molecule is C#Cc1cccc(Nc2ncnc(-n3c(=O)[nH]c4ccccc43)n2)c1. The first-order valence-corrected chi connectivity index (χ1v) is 7.47. The first-order valence-electron chi connectivity index (χ1n) is 7.47. The maximum Gasteiger partial charge on any atom is 0.333 e. The third-order valence-corrected chi connectivity index (χ3v) is 3.63. The van der Waals surface area contributed by atoms with Crippen molar-refractivity contribution in [1.82, 2.24) is 24.5 Å². The van der Waals surface area contributed by atoms with Gasteiger partial charge in [-0.05, 0) is 30.3 Å². The Kier molecular flexibility index (Phi) is 3.48. The molecule has 2 aromatic carbocycles. The van der Waals surface area contributed by atoms with Crippen LogP contribution in [0.5, 0.6) is 0 Å². The molecule has 0 saturated carbocycles. The number of benzene rings is 2. The quantitative estimate of drug-likeness (QED) is 0.563. The van der Waals surface area contributed by atoms with Gasteiger partial charge in [0, 0.05) is 11.3 Å². The van der Waals surface area contributed by atoms with E-state index in [0.29, 0.717) is 17.0 Å². The predicted octanol–water partition coefficient (Wildman–Crippen LogP) is 2.23. The molecule has 2 N–H and O–H groups in total. The number of nitrogens with one attached hydrogen (secondary N) is 2. The van der Waals surface area contributed by atoms with E-state index in [0.717, 1.165) is 11.3 Å². The van der Waals surface area contributed by atoms with E-state index < -0.39 is 0 Å². The van der Waals surface area contributed by atoms with E-state index in [1.807, 2.05) is 42.5 Å². The number of hydrogen-bond acceptors (Lipinski definition) is 5. The van der Waals surface area contributed by atoms with Crippen molar-refractivity contribution in [3.63, 3.8) is 0 Å². The van der Waals surface area contributed by atoms with Gasteiger partial charge in [0.15, 0.2) is 0 Å². The standard InChI is InChI=1S/C18H12N6O/c1-2-12-6-5-7-13(10-12)21-16-19-11-20-17(23-16)24-15-9-4-3-8-14(15)22-18(24)25/h1,3-11H,(H,22,25)(H,19,20,21,23). The second-order valence-corrected chi connectivity index (χ2v) is 5.24. The minimum atomic E-state index is -0.312. The number of anilines is 2. The normalized spacial score (nSPS) is 10.5. The number of nitrogens with zero attached hydrogens (tertiary/aromatic N) is 4. The Balaban J connectivity index is 1.75. The zero-order valence-electron chi connectivity index (χ0n) is 13.0. The third-order valence-electron chi connectivity index (χ3n) is 3.63. The van der Waals surface area contributed by atoms with Crippen LogP contribution in [0, 0.1) is 12.3 Å². The van der Waals surface area contributed by atoms with Crippen LogP contribution in [0.1, 0.15) is 5.56 Å². The van der Waals surface area contributed by atoms with Gasteiger partial charge in [-0.25, -0.2) is 19.3 Å². The lowest BCUT2D eigenvalue weighted by molar-refractivity contribution is 0.886. The van der Waals surface area contributed by atoms with Gasteiger partial charge in [0.25, 0.3) is 0 Å². The highest BCUT2D eigenvalue weighted by Gasteiger charge is 2.11. The largest absolute Gasteiger partial charge is 0.333 e. The molecule has 0 amide bonds. The second-order valence-electron chi connectivity index (χ2n) is 5.24.